The smallest absolute Gasteiger partial charge is 0.225 e. The summed E-state index contributed by atoms with van der Waals surface area (Å²) in [6, 6.07) is 1.70. The van der Waals surface area contributed by atoms with Gasteiger partial charge in [0.2, 0.25) is 10.0 Å². The number of piperidine rings is 1. The van der Waals surface area contributed by atoms with Gasteiger partial charge in [-0.3, -0.25) is 0 Å². The summed E-state index contributed by atoms with van der Waals surface area (Å²) in [4.78, 5) is 0. The lowest BCUT2D eigenvalue weighted by Crippen LogP contribution is -2.52. The van der Waals surface area contributed by atoms with Gasteiger partial charge in [0.05, 0.1) is 6.07 Å². The van der Waals surface area contributed by atoms with Crippen LogP contribution in [0.2, 0.25) is 0 Å². The number of sulfonamides is 1. The second kappa shape index (κ2) is 4.73. The standard InChI is InChI=1S/C8H15N3O2S/c1-7-8(3-2-5-10-7)11-14(12,13)6-4-9/h7-8,10-11H,2-3,5-6H2,1H3. The Hall–Kier alpha value is -0.640. The summed E-state index contributed by atoms with van der Waals surface area (Å²) in [5, 5.41) is 11.5. The van der Waals surface area contributed by atoms with Crippen LogP contribution in [0.25, 0.3) is 0 Å². The van der Waals surface area contributed by atoms with E-state index in [9.17, 15) is 8.42 Å². The van der Waals surface area contributed by atoms with Crippen molar-refractivity contribution >= 4 is 10.0 Å². The SMILES string of the molecule is CC1NCCCC1NS(=O)(=O)CC#N. The molecule has 0 aliphatic carbocycles. The van der Waals surface area contributed by atoms with Crippen LogP contribution in [0.3, 0.4) is 0 Å². The summed E-state index contributed by atoms with van der Waals surface area (Å²) in [5.74, 6) is -0.462. The molecule has 2 atom stereocenters. The lowest BCUT2D eigenvalue weighted by Gasteiger charge is -2.30. The van der Waals surface area contributed by atoms with Crippen molar-refractivity contribution in [1.29, 1.82) is 5.26 Å². The molecule has 0 spiro atoms. The molecule has 1 aliphatic rings. The first-order chi connectivity index (χ1) is 6.55. The van der Waals surface area contributed by atoms with Gasteiger partial charge in [0, 0.05) is 12.1 Å². The molecule has 0 saturated carbocycles. The molecular weight excluding hydrogens is 202 g/mol. The molecule has 0 amide bonds. The zero-order chi connectivity index (χ0) is 10.6. The fraction of sp³-hybridized carbons (Fsp3) is 0.875. The number of nitriles is 1. The van der Waals surface area contributed by atoms with Crippen molar-refractivity contribution in [3.63, 3.8) is 0 Å². The maximum Gasteiger partial charge on any atom is 0.225 e. The van der Waals surface area contributed by atoms with Gasteiger partial charge >= 0.3 is 0 Å². The molecular formula is C8H15N3O2S. The summed E-state index contributed by atoms with van der Waals surface area (Å²) in [7, 11) is -3.42. The highest BCUT2D eigenvalue weighted by Gasteiger charge is 2.24. The van der Waals surface area contributed by atoms with Crippen LogP contribution in [0.1, 0.15) is 19.8 Å². The van der Waals surface area contributed by atoms with E-state index in [4.69, 9.17) is 5.26 Å². The van der Waals surface area contributed by atoms with Gasteiger partial charge < -0.3 is 5.32 Å². The zero-order valence-corrected chi connectivity index (χ0v) is 8.97. The largest absolute Gasteiger partial charge is 0.313 e. The number of rotatable bonds is 3. The Labute approximate surface area is 84.5 Å². The van der Waals surface area contributed by atoms with Gasteiger partial charge in [-0.2, -0.15) is 5.26 Å². The van der Waals surface area contributed by atoms with Crippen LogP contribution in [-0.4, -0.2) is 32.8 Å². The summed E-state index contributed by atoms with van der Waals surface area (Å²) in [6.07, 6.45) is 1.79. The van der Waals surface area contributed by atoms with Crippen LogP contribution >= 0.6 is 0 Å². The second-order valence-corrected chi connectivity index (χ2v) is 5.28. The van der Waals surface area contributed by atoms with E-state index in [1.807, 2.05) is 6.92 Å². The fourth-order valence-electron chi connectivity index (χ4n) is 1.56. The maximum absolute atomic E-state index is 11.3. The Bertz CT molecular complexity index is 320. The van der Waals surface area contributed by atoms with Gasteiger partial charge in [0.15, 0.2) is 5.75 Å². The second-order valence-electron chi connectivity index (χ2n) is 3.53. The van der Waals surface area contributed by atoms with Crippen molar-refractivity contribution in [2.45, 2.75) is 31.8 Å². The Kier molecular flexibility index (Phi) is 3.86. The van der Waals surface area contributed by atoms with Crippen LogP contribution in [0.15, 0.2) is 0 Å². The number of hydrogen-bond acceptors (Lipinski definition) is 4. The molecule has 0 aromatic carbocycles. The summed E-state index contributed by atoms with van der Waals surface area (Å²) in [5.41, 5.74) is 0. The predicted octanol–water partition coefficient (Wildman–Crippen LogP) is -0.430. The van der Waals surface area contributed by atoms with E-state index in [2.05, 4.69) is 10.0 Å². The third kappa shape index (κ3) is 3.25. The first-order valence-corrected chi connectivity index (χ1v) is 6.31. The third-order valence-corrected chi connectivity index (χ3v) is 3.52. The van der Waals surface area contributed by atoms with E-state index in [-0.39, 0.29) is 12.1 Å². The van der Waals surface area contributed by atoms with Gasteiger partial charge in [-0.1, -0.05) is 0 Å². The topological polar surface area (TPSA) is 82.0 Å². The Morgan fingerprint density at radius 1 is 1.64 bits per heavy atom. The molecule has 1 heterocycles. The van der Waals surface area contributed by atoms with Gasteiger partial charge in [0.25, 0.3) is 0 Å². The summed E-state index contributed by atoms with van der Waals surface area (Å²) < 4.78 is 25.1. The minimum absolute atomic E-state index is 0.0814. The number of nitrogens with zero attached hydrogens (tertiary/aromatic N) is 1. The van der Waals surface area contributed by atoms with Crippen molar-refractivity contribution in [1.82, 2.24) is 10.0 Å². The summed E-state index contributed by atoms with van der Waals surface area (Å²) >= 11 is 0. The quantitative estimate of drug-likeness (QED) is 0.672. The molecule has 0 aromatic heterocycles. The Morgan fingerprint density at radius 2 is 2.36 bits per heavy atom. The van der Waals surface area contributed by atoms with Crippen molar-refractivity contribution in [2.24, 2.45) is 0 Å². The van der Waals surface area contributed by atoms with Crippen molar-refractivity contribution in [3.8, 4) is 6.07 Å². The van der Waals surface area contributed by atoms with Crippen LogP contribution in [-0.2, 0) is 10.0 Å². The zero-order valence-electron chi connectivity index (χ0n) is 8.16. The molecule has 80 valence electrons. The average molecular weight is 217 g/mol. The van der Waals surface area contributed by atoms with Crippen molar-refractivity contribution in [3.05, 3.63) is 0 Å². The third-order valence-electron chi connectivity index (χ3n) is 2.35. The van der Waals surface area contributed by atoms with E-state index >= 15 is 0 Å². The highest BCUT2D eigenvalue weighted by atomic mass is 32.2. The predicted molar refractivity (Wildman–Crippen MR) is 53.0 cm³/mol. The van der Waals surface area contributed by atoms with E-state index in [0.717, 1.165) is 19.4 Å². The fourth-order valence-corrected chi connectivity index (χ4v) is 2.60. The number of hydrogen-bond donors (Lipinski definition) is 2. The highest BCUT2D eigenvalue weighted by molar-refractivity contribution is 7.89. The van der Waals surface area contributed by atoms with Crippen LogP contribution in [0.4, 0.5) is 0 Å². The first-order valence-electron chi connectivity index (χ1n) is 4.65. The number of nitrogens with one attached hydrogen (secondary N) is 2. The monoisotopic (exact) mass is 217 g/mol. The molecule has 6 heteroatoms. The van der Waals surface area contributed by atoms with Crippen LogP contribution in [0, 0.1) is 11.3 Å². The van der Waals surface area contributed by atoms with Crippen LogP contribution < -0.4 is 10.0 Å². The molecule has 1 rings (SSSR count). The van der Waals surface area contributed by atoms with E-state index in [0.29, 0.717) is 0 Å². The van der Waals surface area contributed by atoms with Gasteiger partial charge in [0.1, 0.15) is 0 Å². The van der Waals surface area contributed by atoms with Crippen molar-refractivity contribution in [2.75, 3.05) is 12.3 Å². The average Bonchev–Trinajstić information content (AvgIpc) is 2.08. The molecule has 1 aliphatic heterocycles. The minimum atomic E-state index is -3.42. The lowest BCUT2D eigenvalue weighted by atomic mass is 10.0. The van der Waals surface area contributed by atoms with E-state index in [1.54, 1.807) is 6.07 Å². The summed E-state index contributed by atoms with van der Waals surface area (Å²) in [6.45, 7) is 2.87. The van der Waals surface area contributed by atoms with Gasteiger partial charge in [-0.15, -0.1) is 0 Å². The Balaban J connectivity index is 2.55. The molecule has 0 radical (unpaired) electrons. The normalized spacial score (nSPS) is 28.3. The van der Waals surface area contributed by atoms with E-state index in [1.165, 1.54) is 0 Å². The minimum Gasteiger partial charge on any atom is -0.313 e. The lowest BCUT2D eigenvalue weighted by molar-refractivity contribution is 0.349. The molecule has 0 bridgehead atoms. The first kappa shape index (κ1) is 11.4. The highest BCUT2D eigenvalue weighted by Crippen LogP contribution is 2.09. The molecule has 1 fully saturated rings. The van der Waals surface area contributed by atoms with Crippen LogP contribution in [0.5, 0.6) is 0 Å². The van der Waals surface area contributed by atoms with Crippen molar-refractivity contribution < 1.29 is 8.42 Å². The molecule has 14 heavy (non-hydrogen) atoms. The molecule has 5 nitrogen and oxygen atoms in total. The molecule has 2 unspecified atom stereocenters. The Morgan fingerprint density at radius 3 is 2.93 bits per heavy atom. The van der Waals surface area contributed by atoms with E-state index < -0.39 is 15.8 Å². The van der Waals surface area contributed by atoms with Gasteiger partial charge in [-0.05, 0) is 26.3 Å². The molecule has 2 N–H and O–H groups in total. The van der Waals surface area contributed by atoms with Gasteiger partial charge in [-0.25, -0.2) is 13.1 Å². The molecule has 1 saturated heterocycles. The maximum atomic E-state index is 11.3. The molecule has 0 aromatic rings.